The van der Waals surface area contributed by atoms with E-state index in [2.05, 4.69) is 0 Å². The molecule has 1 aliphatic rings. The predicted molar refractivity (Wildman–Crippen MR) is 95.0 cm³/mol. The molecule has 3 aromatic rings. The normalized spacial score (nSPS) is 15.8. The summed E-state index contributed by atoms with van der Waals surface area (Å²) in [4.78, 5) is 11.7. The van der Waals surface area contributed by atoms with E-state index >= 15 is 0 Å². The van der Waals surface area contributed by atoms with Gasteiger partial charge in [0.25, 0.3) is 0 Å². The number of fused-ring (bicyclic) bond motifs is 2. The van der Waals surface area contributed by atoms with Crippen molar-refractivity contribution in [2.75, 3.05) is 6.54 Å². The van der Waals surface area contributed by atoms with Gasteiger partial charge in [0, 0.05) is 29.7 Å². The molecule has 1 aliphatic heterocycles. The molecule has 0 saturated heterocycles. The van der Waals surface area contributed by atoms with Crippen LogP contribution in [0, 0.1) is 5.82 Å². The zero-order valence-electron chi connectivity index (χ0n) is 13.5. The summed E-state index contributed by atoms with van der Waals surface area (Å²) in [6.45, 7) is 0.372. The average molecular weight is 336 g/mol. The summed E-state index contributed by atoms with van der Waals surface area (Å²) in [5.41, 5.74) is 13.9. The Hall–Kier alpha value is -2.92. The molecule has 4 rings (SSSR count). The van der Waals surface area contributed by atoms with Crippen LogP contribution < -0.4 is 16.2 Å². The maximum absolute atomic E-state index is 14.2. The minimum Gasteiger partial charge on any atom is -0.488 e. The van der Waals surface area contributed by atoms with E-state index in [-0.39, 0.29) is 11.9 Å². The molecule has 5 heteroatoms. The monoisotopic (exact) mass is 336 g/mol. The molecule has 0 radical (unpaired) electrons. The Labute approximate surface area is 144 Å². The van der Waals surface area contributed by atoms with Gasteiger partial charge in [-0.2, -0.15) is 0 Å². The zero-order chi connectivity index (χ0) is 17.6. The van der Waals surface area contributed by atoms with E-state index in [1.165, 1.54) is 12.1 Å². The van der Waals surface area contributed by atoms with E-state index in [9.17, 15) is 9.18 Å². The highest BCUT2D eigenvalue weighted by Crippen LogP contribution is 2.42. The Morgan fingerprint density at radius 2 is 1.88 bits per heavy atom. The van der Waals surface area contributed by atoms with Crippen LogP contribution in [-0.4, -0.2) is 18.6 Å². The highest BCUT2D eigenvalue weighted by atomic mass is 19.1. The molecule has 0 bridgehead atoms. The molecule has 4 N–H and O–H groups in total. The van der Waals surface area contributed by atoms with Crippen molar-refractivity contribution in [3.05, 3.63) is 65.5 Å². The first-order valence-corrected chi connectivity index (χ1v) is 8.09. The fourth-order valence-corrected chi connectivity index (χ4v) is 3.49. The van der Waals surface area contributed by atoms with Crippen molar-refractivity contribution >= 4 is 16.7 Å². The first-order valence-electron chi connectivity index (χ1n) is 8.09. The highest BCUT2D eigenvalue weighted by Gasteiger charge is 2.26. The van der Waals surface area contributed by atoms with Crippen molar-refractivity contribution in [3.8, 4) is 16.9 Å². The third-order valence-corrected chi connectivity index (χ3v) is 4.60. The van der Waals surface area contributed by atoms with Crippen LogP contribution in [0.2, 0.25) is 0 Å². The van der Waals surface area contributed by atoms with Gasteiger partial charge in [0.1, 0.15) is 17.7 Å². The maximum atomic E-state index is 14.2. The van der Waals surface area contributed by atoms with Gasteiger partial charge in [-0.25, -0.2) is 4.39 Å². The maximum Gasteiger partial charge on any atom is 0.249 e. The van der Waals surface area contributed by atoms with Gasteiger partial charge in [-0.05, 0) is 34.5 Å². The standard InChI is InChI=1S/C20H17FN2O2/c21-12-7-11-8-13(10-22)25-19(11)18(9-12)16-5-1-4-15-14(16)3-2-6-17(15)20(23)24/h1-7,9,13H,8,10,22H2,(H2,23,24). The Morgan fingerprint density at radius 1 is 1.12 bits per heavy atom. The van der Waals surface area contributed by atoms with E-state index in [0.717, 1.165) is 21.9 Å². The number of halogens is 1. The van der Waals surface area contributed by atoms with Crippen molar-refractivity contribution in [3.63, 3.8) is 0 Å². The first kappa shape index (κ1) is 15.6. The van der Waals surface area contributed by atoms with Crippen molar-refractivity contribution in [2.24, 2.45) is 11.5 Å². The van der Waals surface area contributed by atoms with Crippen LogP contribution in [0.5, 0.6) is 5.75 Å². The van der Waals surface area contributed by atoms with Crippen LogP contribution in [0.25, 0.3) is 21.9 Å². The third-order valence-electron chi connectivity index (χ3n) is 4.60. The van der Waals surface area contributed by atoms with E-state index in [1.807, 2.05) is 24.3 Å². The number of hydrogen-bond acceptors (Lipinski definition) is 3. The number of benzene rings is 3. The Balaban J connectivity index is 1.99. The summed E-state index contributed by atoms with van der Waals surface area (Å²) in [6, 6.07) is 13.9. The Bertz CT molecular complexity index is 1000. The van der Waals surface area contributed by atoms with Crippen LogP contribution >= 0.6 is 0 Å². The van der Waals surface area contributed by atoms with Crippen molar-refractivity contribution in [2.45, 2.75) is 12.5 Å². The molecule has 0 aromatic heterocycles. The van der Waals surface area contributed by atoms with Gasteiger partial charge in [0.05, 0.1) is 0 Å². The molecular formula is C20H17FN2O2. The summed E-state index contributed by atoms with van der Waals surface area (Å²) < 4.78 is 20.1. The van der Waals surface area contributed by atoms with Gasteiger partial charge in [-0.15, -0.1) is 0 Å². The lowest BCUT2D eigenvalue weighted by Gasteiger charge is -2.14. The lowest BCUT2D eigenvalue weighted by molar-refractivity contribution is 0.100. The second-order valence-electron chi connectivity index (χ2n) is 6.19. The SMILES string of the molecule is NCC1Cc2cc(F)cc(-c3cccc4c(C(N)=O)cccc34)c2O1. The molecule has 1 heterocycles. The minimum atomic E-state index is -0.494. The van der Waals surface area contributed by atoms with Crippen LogP contribution in [0.1, 0.15) is 15.9 Å². The fraction of sp³-hybridized carbons (Fsp3) is 0.150. The summed E-state index contributed by atoms with van der Waals surface area (Å²) >= 11 is 0. The largest absolute Gasteiger partial charge is 0.488 e. The number of amides is 1. The van der Waals surface area contributed by atoms with Crippen LogP contribution in [0.15, 0.2) is 48.5 Å². The molecule has 4 nitrogen and oxygen atoms in total. The predicted octanol–water partition coefficient (Wildman–Crippen LogP) is 3.01. The van der Waals surface area contributed by atoms with Crippen LogP contribution in [0.4, 0.5) is 4.39 Å². The number of rotatable bonds is 3. The number of nitrogens with two attached hydrogens (primary N) is 2. The molecule has 25 heavy (non-hydrogen) atoms. The van der Waals surface area contributed by atoms with E-state index in [0.29, 0.717) is 29.8 Å². The van der Waals surface area contributed by atoms with Crippen molar-refractivity contribution < 1.29 is 13.9 Å². The zero-order valence-corrected chi connectivity index (χ0v) is 13.5. The fourth-order valence-electron chi connectivity index (χ4n) is 3.49. The minimum absolute atomic E-state index is 0.147. The van der Waals surface area contributed by atoms with E-state index in [4.69, 9.17) is 16.2 Å². The number of carbonyl (C=O) groups excluding carboxylic acids is 1. The summed E-state index contributed by atoms with van der Waals surface area (Å²) in [7, 11) is 0. The Morgan fingerprint density at radius 3 is 2.64 bits per heavy atom. The van der Waals surface area contributed by atoms with Gasteiger partial charge >= 0.3 is 0 Å². The smallest absolute Gasteiger partial charge is 0.249 e. The molecule has 1 amide bonds. The molecule has 0 aliphatic carbocycles. The van der Waals surface area contributed by atoms with Gasteiger partial charge in [0.2, 0.25) is 5.91 Å². The second kappa shape index (κ2) is 5.86. The molecule has 126 valence electrons. The molecule has 1 unspecified atom stereocenters. The topological polar surface area (TPSA) is 78.3 Å². The van der Waals surface area contributed by atoms with Crippen molar-refractivity contribution in [1.82, 2.24) is 0 Å². The molecule has 0 spiro atoms. The van der Waals surface area contributed by atoms with Gasteiger partial charge in [-0.1, -0.05) is 30.3 Å². The van der Waals surface area contributed by atoms with E-state index in [1.54, 1.807) is 12.1 Å². The number of ether oxygens (including phenoxy) is 1. The first-order chi connectivity index (χ1) is 12.1. The number of carbonyl (C=O) groups is 1. The lowest BCUT2D eigenvalue weighted by atomic mass is 9.93. The lowest BCUT2D eigenvalue weighted by Crippen LogP contribution is -2.24. The molecule has 3 aromatic carbocycles. The van der Waals surface area contributed by atoms with Gasteiger partial charge < -0.3 is 16.2 Å². The quantitative estimate of drug-likeness (QED) is 0.772. The highest BCUT2D eigenvalue weighted by molar-refractivity contribution is 6.10. The van der Waals surface area contributed by atoms with Gasteiger partial charge in [-0.3, -0.25) is 4.79 Å². The molecule has 0 fully saturated rings. The molecule has 1 atom stereocenters. The summed E-state index contributed by atoms with van der Waals surface area (Å²) in [5.74, 6) is -0.154. The van der Waals surface area contributed by atoms with Crippen LogP contribution in [0.3, 0.4) is 0 Å². The number of hydrogen-bond donors (Lipinski definition) is 2. The molecular weight excluding hydrogens is 319 g/mol. The number of primary amides is 1. The summed E-state index contributed by atoms with van der Waals surface area (Å²) in [5, 5.41) is 1.56. The van der Waals surface area contributed by atoms with Crippen molar-refractivity contribution in [1.29, 1.82) is 0 Å². The third kappa shape index (κ3) is 2.53. The van der Waals surface area contributed by atoms with Crippen LogP contribution in [-0.2, 0) is 6.42 Å². The van der Waals surface area contributed by atoms with E-state index < -0.39 is 5.91 Å². The Kier molecular flexibility index (Phi) is 3.66. The average Bonchev–Trinajstić information content (AvgIpc) is 3.02. The molecule has 0 saturated carbocycles. The summed E-state index contributed by atoms with van der Waals surface area (Å²) in [6.07, 6.45) is 0.445. The van der Waals surface area contributed by atoms with Gasteiger partial charge in [0.15, 0.2) is 0 Å². The second-order valence-corrected chi connectivity index (χ2v) is 6.19.